The lowest BCUT2D eigenvalue weighted by Gasteiger charge is -2.22. The normalized spacial score (nSPS) is 14.8. The lowest BCUT2D eigenvalue weighted by atomic mass is 10.1. The van der Waals surface area contributed by atoms with E-state index in [0.717, 1.165) is 24.3 Å². The monoisotopic (exact) mass is 497 g/mol. The number of carbonyl (C=O) groups excluding carboxylic acids is 1. The summed E-state index contributed by atoms with van der Waals surface area (Å²) in [6, 6.07) is 7.79. The van der Waals surface area contributed by atoms with Crippen LogP contribution >= 0.6 is 11.6 Å². The van der Waals surface area contributed by atoms with Gasteiger partial charge < -0.3 is 14.8 Å². The Morgan fingerprint density at radius 3 is 2.44 bits per heavy atom. The van der Waals surface area contributed by atoms with Gasteiger partial charge in [-0.15, -0.1) is 0 Å². The third kappa shape index (κ3) is 4.88. The first kappa shape index (κ1) is 24.0. The Morgan fingerprint density at radius 1 is 1.18 bits per heavy atom. The molecule has 0 spiro atoms. The van der Waals surface area contributed by atoms with E-state index in [2.05, 4.69) is 10.4 Å². The summed E-state index contributed by atoms with van der Waals surface area (Å²) < 4.78 is 65.0. The molecule has 11 heteroatoms. The third-order valence-electron chi connectivity index (χ3n) is 5.44. The minimum atomic E-state index is -4.52. The summed E-state index contributed by atoms with van der Waals surface area (Å²) in [6.45, 7) is 1.02. The molecule has 0 saturated carbocycles. The number of aromatic nitrogens is 2. The zero-order valence-corrected chi connectivity index (χ0v) is 18.7. The number of halogens is 5. The van der Waals surface area contributed by atoms with Crippen molar-refractivity contribution in [1.29, 1.82) is 0 Å². The molecule has 0 radical (unpaired) electrons. The Kier molecular flexibility index (Phi) is 6.81. The highest BCUT2D eigenvalue weighted by Crippen LogP contribution is 2.38. The number of amides is 1. The molecule has 1 aliphatic rings. The SMILES string of the molecule is COc1c(C(=O)NC2CCOCC2)nn(-c2ccc(F)cc2Cl)c1-c1ccc(C(F)(F)F)cc1. The summed E-state index contributed by atoms with van der Waals surface area (Å²) in [5.41, 5.74) is -0.200. The first-order valence-electron chi connectivity index (χ1n) is 10.4. The van der Waals surface area contributed by atoms with Gasteiger partial charge in [-0.2, -0.15) is 18.3 Å². The van der Waals surface area contributed by atoms with E-state index in [0.29, 0.717) is 31.6 Å². The molecule has 2 aromatic carbocycles. The van der Waals surface area contributed by atoms with Crippen LogP contribution in [0.2, 0.25) is 5.02 Å². The van der Waals surface area contributed by atoms with Crippen molar-refractivity contribution < 1.29 is 31.8 Å². The average molecular weight is 498 g/mol. The number of alkyl halides is 3. The molecule has 0 unspecified atom stereocenters. The van der Waals surface area contributed by atoms with Crippen molar-refractivity contribution in [3.63, 3.8) is 0 Å². The van der Waals surface area contributed by atoms with Crippen LogP contribution in [-0.4, -0.2) is 42.1 Å². The summed E-state index contributed by atoms with van der Waals surface area (Å²) >= 11 is 6.24. The van der Waals surface area contributed by atoms with Crippen LogP contribution < -0.4 is 10.1 Å². The molecular weight excluding hydrogens is 478 g/mol. The van der Waals surface area contributed by atoms with E-state index in [1.165, 1.54) is 30.0 Å². The van der Waals surface area contributed by atoms with Crippen molar-refractivity contribution in [2.75, 3.05) is 20.3 Å². The molecule has 1 saturated heterocycles. The third-order valence-corrected chi connectivity index (χ3v) is 5.74. The highest BCUT2D eigenvalue weighted by molar-refractivity contribution is 6.32. The lowest BCUT2D eigenvalue weighted by Crippen LogP contribution is -2.39. The Balaban J connectivity index is 1.84. The van der Waals surface area contributed by atoms with Gasteiger partial charge in [-0.25, -0.2) is 9.07 Å². The highest BCUT2D eigenvalue weighted by Gasteiger charge is 2.32. The zero-order valence-electron chi connectivity index (χ0n) is 18.0. The number of hydrogen-bond donors (Lipinski definition) is 1. The molecule has 0 aliphatic carbocycles. The number of nitrogens with zero attached hydrogens (tertiary/aromatic N) is 2. The zero-order chi connectivity index (χ0) is 24.5. The van der Waals surface area contributed by atoms with Gasteiger partial charge in [-0.05, 0) is 43.2 Å². The van der Waals surface area contributed by atoms with Gasteiger partial charge in [0.05, 0.1) is 23.4 Å². The van der Waals surface area contributed by atoms with Crippen LogP contribution in [0.5, 0.6) is 5.75 Å². The largest absolute Gasteiger partial charge is 0.492 e. The first-order valence-corrected chi connectivity index (χ1v) is 10.8. The maximum atomic E-state index is 13.7. The summed E-state index contributed by atoms with van der Waals surface area (Å²) in [5, 5.41) is 7.26. The minimum absolute atomic E-state index is 0.00491. The predicted molar refractivity (Wildman–Crippen MR) is 117 cm³/mol. The highest BCUT2D eigenvalue weighted by atomic mass is 35.5. The molecule has 1 aliphatic heterocycles. The van der Waals surface area contributed by atoms with Crippen LogP contribution in [0.25, 0.3) is 16.9 Å². The van der Waals surface area contributed by atoms with Gasteiger partial charge in [0, 0.05) is 24.8 Å². The number of hydrogen-bond acceptors (Lipinski definition) is 4. The van der Waals surface area contributed by atoms with E-state index >= 15 is 0 Å². The summed E-state index contributed by atoms with van der Waals surface area (Å²) in [6.07, 6.45) is -3.26. The topological polar surface area (TPSA) is 65.4 Å². The quantitative estimate of drug-likeness (QED) is 0.488. The van der Waals surface area contributed by atoms with Gasteiger partial charge in [-0.1, -0.05) is 23.7 Å². The van der Waals surface area contributed by atoms with Gasteiger partial charge in [0.15, 0.2) is 11.4 Å². The van der Waals surface area contributed by atoms with Gasteiger partial charge in [0.1, 0.15) is 11.5 Å². The average Bonchev–Trinajstić information content (AvgIpc) is 3.19. The van der Waals surface area contributed by atoms with Gasteiger partial charge in [-0.3, -0.25) is 4.79 Å². The molecule has 2 heterocycles. The fourth-order valence-corrected chi connectivity index (χ4v) is 3.99. The molecule has 3 aromatic rings. The van der Waals surface area contributed by atoms with Gasteiger partial charge in [0.2, 0.25) is 0 Å². The fourth-order valence-electron chi connectivity index (χ4n) is 3.74. The number of nitrogens with one attached hydrogen (secondary N) is 1. The van der Waals surface area contributed by atoms with Crippen LogP contribution in [0.3, 0.4) is 0 Å². The van der Waals surface area contributed by atoms with E-state index in [-0.39, 0.29) is 33.9 Å². The van der Waals surface area contributed by atoms with Crippen molar-refractivity contribution in [1.82, 2.24) is 15.1 Å². The standard InChI is InChI=1S/C23H20ClF4N3O3/c1-33-21-19(22(32)29-16-8-10-34-11-9-16)30-31(18-7-6-15(25)12-17(18)24)20(21)13-2-4-14(5-3-13)23(26,27)28/h2-7,12,16H,8-11H2,1H3,(H,29,32). The Hall–Kier alpha value is -3.11. The second kappa shape index (κ2) is 9.63. The van der Waals surface area contributed by atoms with E-state index < -0.39 is 23.5 Å². The molecule has 6 nitrogen and oxygen atoms in total. The molecule has 4 rings (SSSR count). The second-order valence-corrected chi connectivity index (χ2v) is 8.08. The summed E-state index contributed by atoms with van der Waals surface area (Å²) in [5.74, 6) is -1.06. The molecular formula is C23H20ClF4N3O3. The van der Waals surface area contributed by atoms with Crippen LogP contribution in [-0.2, 0) is 10.9 Å². The Morgan fingerprint density at radius 2 is 1.85 bits per heavy atom. The van der Waals surface area contributed by atoms with E-state index in [1.54, 1.807) is 0 Å². The lowest BCUT2D eigenvalue weighted by molar-refractivity contribution is -0.137. The smallest absolute Gasteiger partial charge is 0.416 e. The Bertz CT molecular complexity index is 1190. The number of benzene rings is 2. The Labute approximate surface area is 197 Å². The first-order chi connectivity index (χ1) is 16.2. The summed E-state index contributed by atoms with van der Waals surface area (Å²) in [4.78, 5) is 13.1. The van der Waals surface area contributed by atoms with Crippen LogP contribution in [0.15, 0.2) is 42.5 Å². The predicted octanol–water partition coefficient (Wildman–Crippen LogP) is 5.27. The van der Waals surface area contributed by atoms with E-state index in [1.807, 2.05) is 0 Å². The van der Waals surface area contributed by atoms with E-state index in [9.17, 15) is 22.4 Å². The second-order valence-electron chi connectivity index (χ2n) is 7.67. The van der Waals surface area contributed by atoms with E-state index in [4.69, 9.17) is 21.1 Å². The molecule has 34 heavy (non-hydrogen) atoms. The number of methoxy groups -OCH3 is 1. The van der Waals surface area contributed by atoms with Crippen molar-refractivity contribution in [3.05, 3.63) is 64.6 Å². The van der Waals surface area contributed by atoms with Crippen LogP contribution in [0.4, 0.5) is 17.6 Å². The molecule has 0 atom stereocenters. The van der Waals surface area contributed by atoms with Crippen molar-refractivity contribution >= 4 is 17.5 Å². The van der Waals surface area contributed by atoms with Crippen molar-refractivity contribution in [3.8, 4) is 22.7 Å². The molecule has 1 N–H and O–H groups in total. The maximum Gasteiger partial charge on any atom is 0.416 e. The van der Waals surface area contributed by atoms with Crippen molar-refractivity contribution in [2.45, 2.75) is 25.1 Å². The molecule has 1 amide bonds. The van der Waals surface area contributed by atoms with Crippen molar-refractivity contribution in [2.24, 2.45) is 0 Å². The van der Waals surface area contributed by atoms with Crippen LogP contribution in [0, 0.1) is 5.82 Å². The molecule has 1 aromatic heterocycles. The fraction of sp³-hybridized carbons (Fsp3) is 0.304. The van der Waals surface area contributed by atoms with Gasteiger partial charge in [0.25, 0.3) is 5.91 Å². The molecule has 180 valence electrons. The summed E-state index contributed by atoms with van der Waals surface area (Å²) in [7, 11) is 1.33. The molecule has 0 bridgehead atoms. The van der Waals surface area contributed by atoms with Crippen LogP contribution in [0.1, 0.15) is 28.9 Å². The number of rotatable bonds is 5. The number of ether oxygens (including phenoxy) is 2. The van der Waals surface area contributed by atoms with Gasteiger partial charge >= 0.3 is 6.18 Å². The minimum Gasteiger partial charge on any atom is -0.492 e. The maximum absolute atomic E-state index is 13.7. The number of carbonyl (C=O) groups is 1. The molecule has 1 fully saturated rings.